The van der Waals surface area contributed by atoms with Crippen molar-refractivity contribution in [2.45, 2.75) is 427 Å². The predicted molar refractivity (Wildman–Crippen MR) is 560 cm³/mol. The molecule has 7 aliphatic carbocycles. The number of hydrogen-bond acceptors (Lipinski definition) is 14. The van der Waals surface area contributed by atoms with Crippen LogP contribution in [0.1, 0.15) is 413 Å². The molecule has 8 fully saturated rings. The fourth-order valence-electron chi connectivity index (χ4n) is 25.4. The van der Waals surface area contributed by atoms with Crippen molar-refractivity contribution in [2.75, 3.05) is 72.7 Å². The smallest absolute Gasteiger partial charge is 1.00 e. The molecule has 3 N–H and O–H groups in total. The maximum absolute atomic E-state index is 12.0. The van der Waals surface area contributed by atoms with Gasteiger partial charge in [-0.1, -0.05) is 299 Å². The molecule has 130 heavy (non-hydrogen) atoms. The van der Waals surface area contributed by atoms with Gasteiger partial charge in [-0.3, -0.25) is 18.9 Å². The monoisotopic (exact) mass is 1930 g/mol. The largest absolute Gasteiger partial charge is 1.00 e. The van der Waals surface area contributed by atoms with Gasteiger partial charge in [0.2, 0.25) is 0 Å². The van der Waals surface area contributed by atoms with E-state index in [0.717, 1.165) is 103 Å². The van der Waals surface area contributed by atoms with E-state index >= 15 is 0 Å². The van der Waals surface area contributed by atoms with E-state index in [2.05, 4.69) is 262 Å². The summed E-state index contributed by atoms with van der Waals surface area (Å²) >= 11 is 16.9. The Bertz CT molecular complexity index is 3320. The summed E-state index contributed by atoms with van der Waals surface area (Å²) < 4.78 is 43.8. The summed E-state index contributed by atoms with van der Waals surface area (Å²) in [4.78, 5) is 57.2. The van der Waals surface area contributed by atoms with Gasteiger partial charge in [0.15, 0.2) is 17.4 Å². The summed E-state index contributed by atoms with van der Waals surface area (Å²) in [6.07, 6.45) is 36.5. The maximum atomic E-state index is 12.0. The molecule has 0 atom stereocenters. The van der Waals surface area contributed by atoms with Crippen LogP contribution in [-0.4, -0.2) is 140 Å². The Balaban J connectivity index is -0.000000264. The van der Waals surface area contributed by atoms with Gasteiger partial charge >= 0.3 is 44.5 Å². The van der Waals surface area contributed by atoms with Crippen LogP contribution in [0, 0.1) is 86.6 Å². The number of nitrogens with one attached hydrogen (secondary N) is 2. The van der Waals surface area contributed by atoms with Gasteiger partial charge in [-0.2, -0.15) is 0 Å². The molecule has 1 aliphatic heterocycles. The second-order valence-electron chi connectivity index (χ2n) is 49.7. The van der Waals surface area contributed by atoms with Crippen LogP contribution in [0.3, 0.4) is 0 Å². The van der Waals surface area contributed by atoms with Crippen LogP contribution in [0.25, 0.3) is 0 Å². The Morgan fingerprint density at radius 3 is 0.946 bits per heavy atom. The number of carbonyl (C=O) groups excluding carboxylic acids is 5. The molecule has 0 aromatic carbocycles. The van der Waals surface area contributed by atoms with Crippen LogP contribution < -0.4 is 29.5 Å². The van der Waals surface area contributed by atoms with E-state index < -0.39 is 28.8 Å². The number of aliphatic hydroxyl groups excluding tert-OH is 1. The van der Waals surface area contributed by atoms with Crippen molar-refractivity contribution in [1.82, 2.24) is 10.6 Å². The molecule has 2 amide bonds. The summed E-state index contributed by atoms with van der Waals surface area (Å²) in [6.45, 7) is 100. The topological polar surface area (TPSA) is 211 Å². The first-order valence-corrected chi connectivity index (χ1v) is 50.2. The predicted octanol–water partition coefficient (Wildman–Crippen LogP) is 27.5. The molecule has 16 nitrogen and oxygen atoms in total. The number of ether oxygens (including phenoxy) is 5. The number of hydrogen-bond donors (Lipinski definition) is 3. The Morgan fingerprint density at radius 1 is 0.431 bits per heavy atom. The first-order chi connectivity index (χ1) is 56.7. The molecule has 0 unspecified atom stereocenters. The third-order valence-corrected chi connectivity index (χ3v) is 26.5. The summed E-state index contributed by atoms with van der Waals surface area (Å²) in [6, 6.07) is 0. The van der Waals surface area contributed by atoms with Gasteiger partial charge < -0.3 is 49.9 Å². The van der Waals surface area contributed by atoms with Crippen molar-refractivity contribution in [2.24, 2.45) is 86.6 Å². The number of amides is 2. The molecular weight excluding hydrogens is 1720 g/mol. The summed E-state index contributed by atoms with van der Waals surface area (Å²) in [5, 5.41) is 14.7. The fraction of sp³-hybridized carbons (Fsp3) is 0.843. The van der Waals surface area contributed by atoms with E-state index in [9.17, 15) is 28.5 Å². The van der Waals surface area contributed by atoms with Gasteiger partial charge in [-0.25, -0.2) is 9.59 Å². The van der Waals surface area contributed by atoms with Crippen molar-refractivity contribution in [3.63, 3.8) is 0 Å². The van der Waals surface area contributed by atoms with Gasteiger partial charge in [-0.15, -0.1) is 26.3 Å². The molecular formula is C108H206AlCl3LiN2O14P. The minimum absolute atomic E-state index is 0. The van der Waals surface area contributed by atoms with Crippen LogP contribution in [0.4, 0.5) is 4.79 Å². The zero-order chi connectivity index (χ0) is 99.0. The van der Waals surface area contributed by atoms with Gasteiger partial charge in [0.25, 0.3) is 9.70 Å². The molecule has 1 saturated heterocycles. The zero-order valence-corrected chi connectivity index (χ0v) is 92.1. The normalized spacial score (nSPS) is 23.0. The number of rotatable bonds is 18. The van der Waals surface area contributed by atoms with E-state index in [4.69, 9.17) is 67.9 Å². The number of Topliss-reactive ketones (excluding diaryl/α,β-unsaturated/α-hetero) is 1. The third-order valence-electron chi connectivity index (χ3n) is 24.0. The molecule has 8 rings (SSSR count). The number of alkyl halides is 3. The molecule has 22 heteroatoms. The molecule has 1 heterocycles. The van der Waals surface area contributed by atoms with Crippen LogP contribution in [0.15, 0.2) is 73.9 Å². The molecule has 8 aliphatic rings. The minimum atomic E-state index is -3.28. The molecule has 0 radical (unpaired) electrons. The van der Waals surface area contributed by atoms with E-state index in [1.807, 2.05) is 32.9 Å². The molecule has 0 aromatic rings. The summed E-state index contributed by atoms with van der Waals surface area (Å²) in [7, 11) is -1.89. The van der Waals surface area contributed by atoms with Gasteiger partial charge in [0.05, 0.1) is 51.2 Å². The van der Waals surface area contributed by atoms with Crippen LogP contribution >= 0.6 is 42.4 Å². The number of methoxy groups -OCH3 is 1. The molecule has 7 saturated carbocycles. The van der Waals surface area contributed by atoms with Crippen molar-refractivity contribution in [3.05, 3.63) is 73.9 Å². The number of alkyl carbamates (subject to hydrolysis) is 1. The summed E-state index contributed by atoms with van der Waals surface area (Å²) in [5.41, 5.74) is 6.85. The molecule has 0 bridgehead atoms. The van der Waals surface area contributed by atoms with Crippen LogP contribution in [-0.2, 0) is 56.5 Å². The first-order valence-electron chi connectivity index (χ1n) is 47.4. The van der Waals surface area contributed by atoms with Crippen LogP contribution in [0.2, 0.25) is 0 Å². The number of esters is 2. The second-order valence-corrected chi connectivity index (χ2v) is 54.0. The fourth-order valence-corrected chi connectivity index (χ4v) is 27.0. The number of halogens is 3. The van der Waals surface area contributed by atoms with Crippen molar-refractivity contribution in [3.8, 4) is 0 Å². The number of ketones is 1. The van der Waals surface area contributed by atoms with E-state index in [1.165, 1.54) is 88.9 Å². The Hall–Kier alpha value is -2.18. The zero-order valence-electron chi connectivity index (χ0n) is 90.0. The SMILES string of the molecule is C.C.C1CCOC1.C=CC1(C)CC(C)(C)CC(C)(C)C1.C=CC1(C)CC(C)(C)CC(C)(C)C1.C=CC1(NC(=O)C(Cl)(Cl)Cl)CC(C)(C)CC(C)(C)C1.C=CC1(NC(=O)OC)CC(C)(C)CC(C)(C)C1.CC1(C)CC(=CCO)CC(C)(C)C1.CC1(C)CC(=O)CC(C)(C)C1.CCOC(=O)C=C1CC(C)(C)CC(C)(C)C1.CCOC(=O)CP(=O)(OCC)OCC.CCOCC.[AlH3].[H-].[Li+]. The quantitative estimate of drug-likeness (QED) is 0.0222. The number of carbonyl (C=O) groups is 5. The number of aliphatic hydroxyl groups is 1. The third kappa shape index (κ3) is 60.0. The van der Waals surface area contributed by atoms with Crippen molar-refractivity contribution >= 4 is 89.5 Å². The second kappa shape index (κ2) is 57.5. The van der Waals surface area contributed by atoms with Gasteiger partial charge in [0, 0.05) is 45.3 Å². The Kier molecular flexibility index (Phi) is 61.3. The van der Waals surface area contributed by atoms with E-state index in [0.29, 0.717) is 66.5 Å². The Labute approximate surface area is 840 Å². The number of allylic oxidation sites excluding steroid dienone is 4. The maximum Gasteiger partial charge on any atom is 1.00 e. The van der Waals surface area contributed by atoms with Crippen LogP contribution in [0.5, 0.6) is 0 Å². The van der Waals surface area contributed by atoms with Crippen molar-refractivity contribution in [1.29, 1.82) is 0 Å². The molecule has 0 aromatic heterocycles. The average molecular weight is 1930 g/mol. The molecule has 762 valence electrons. The van der Waals surface area contributed by atoms with E-state index in [-0.39, 0.29) is 135 Å². The standard InChI is InChI=1S/C14H22Cl3NO.C14H25NO2.C14H24O2.2C13H24.C12H22O.C10H18O.C8H17O5P.C4H8O.C4H10O.2CH4.Al.Li.4H/c1-6-13(18-10(19)14(15,16)17)8-11(2,3)7-12(4,5)9-13;1-7-14(15-11(16)17-6)9-12(2,3)8-13(4,5)10-14;1-6-16-12(15)7-11-8-13(2,3)10-14(4,5)9-11;2*1-7-13(6)9-11(2,3)8-12(4,5)10-13;1-11(2)7-10(5-6-13)8-12(3,4)9-11;1-9(2)5-8(11)6-10(3,4)7-9;1-4-11-8(9)7-14(10,12-5-2)13-6-3;1-2-4-5-3-1;1-3-5-4-2;;;;;;;;/h6H,1,7-9H2,2-5H3,(H,18,19);7H,1,8-10H2,2-6H3,(H,15,16);7H,6,8-10H2,1-5H3;2*7H,1,8-10H2,2-6H3;5,13H,6-9H2,1-4H3;5-7H2,1-4H3;4-7H2,1-3H3;1-4H2;3-4H2,1-2H3;2*1H4;;;;;;/q;;;;;;;;;;;;;+1;;;;-1. The van der Waals surface area contributed by atoms with E-state index in [1.54, 1.807) is 32.9 Å². The van der Waals surface area contributed by atoms with Gasteiger partial charge in [0.1, 0.15) is 11.9 Å². The summed E-state index contributed by atoms with van der Waals surface area (Å²) in [5.74, 6) is -0.902. The average Bonchev–Trinajstić information content (AvgIpc) is 1.02. The molecule has 0 spiro atoms. The Morgan fingerprint density at radius 2 is 0.715 bits per heavy atom. The minimum Gasteiger partial charge on any atom is -1.00 e. The van der Waals surface area contributed by atoms with Crippen molar-refractivity contribution < 1.29 is 86.7 Å². The van der Waals surface area contributed by atoms with Gasteiger partial charge in [-0.05, 0) is 263 Å². The first kappa shape index (κ1) is 139.